The third-order valence-electron chi connectivity index (χ3n) is 2.16. The predicted octanol–water partition coefficient (Wildman–Crippen LogP) is 0.704. The molecule has 0 heterocycles. The number of hydrogen-bond acceptors (Lipinski definition) is 2. The Labute approximate surface area is 123 Å². The average Bonchev–Trinajstić information content (AvgIpc) is 2.45. The van der Waals surface area contributed by atoms with Crippen LogP contribution in [0.25, 0.3) is 0 Å². The Hall–Kier alpha value is -1.00. The van der Waals surface area contributed by atoms with Crippen molar-refractivity contribution in [1.82, 2.24) is 0 Å². The normalized spacial score (nSPS) is 9.44. The van der Waals surface area contributed by atoms with E-state index in [0.717, 1.165) is 11.1 Å². The maximum absolute atomic E-state index is 8.85. The Bertz CT molecular complexity index is 581. The quantitative estimate of drug-likeness (QED) is 0.635. The number of rotatable bonds is 3. The summed E-state index contributed by atoms with van der Waals surface area (Å²) in [5.41, 5.74) is 1.49. The molecule has 0 aliphatic rings. The molecule has 0 aliphatic carbocycles. The van der Waals surface area contributed by atoms with Crippen molar-refractivity contribution in [2.75, 3.05) is 0 Å². The van der Waals surface area contributed by atoms with Gasteiger partial charge in [-0.2, -0.15) is 0 Å². The fraction of sp³-hybridized carbons (Fsp3) is 0. The van der Waals surface area contributed by atoms with E-state index in [-0.39, 0.29) is 34.1 Å². The van der Waals surface area contributed by atoms with Crippen molar-refractivity contribution in [3.8, 4) is 12.1 Å². The fourth-order valence-electron chi connectivity index (χ4n) is 1.33. The first-order chi connectivity index (χ1) is 8.81. The van der Waals surface area contributed by atoms with Gasteiger partial charge in [-0.3, -0.25) is 0 Å². The van der Waals surface area contributed by atoms with Crippen LogP contribution in [0, 0.1) is 22.7 Å². The van der Waals surface area contributed by atoms with Crippen LogP contribution in [0.15, 0.2) is 48.5 Å². The van der Waals surface area contributed by atoms with Crippen molar-refractivity contribution in [2.45, 2.75) is 0 Å². The van der Waals surface area contributed by atoms with Gasteiger partial charge in [0.05, 0.1) is 0 Å². The minimum atomic E-state index is -0.211. The van der Waals surface area contributed by atoms with E-state index in [1.54, 1.807) is 0 Å². The van der Waals surface area contributed by atoms with E-state index < -0.39 is 0 Å². The average molecular weight is 459 g/mol. The second-order valence-electron chi connectivity index (χ2n) is 3.45. The van der Waals surface area contributed by atoms with Gasteiger partial charge in [-0.15, -0.1) is 0 Å². The molecule has 0 amide bonds. The Morgan fingerprint density at radius 3 is 1.56 bits per heavy atom. The van der Waals surface area contributed by atoms with E-state index in [4.69, 9.17) is 10.5 Å². The zero-order chi connectivity index (χ0) is 12.8. The van der Waals surface area contributed by atoms with Gasteiger partial charge in [0.2, 0.25) is 0 Å². The molecule has 0 aliphatic heterocycles. The molecule has 0 bridgehead atoms. The first kappa shape index (κ1) is 13.4. The summed E-state index contributed by atoms with van der Waals surface area (Å²) in [6, 6.07) is 20.2. The van der Waals surface area contributed by atoms with Crippen LogP contribution in [0.5, 0.6) is 0 Å². The Balaban J connectivity index is 2.07. The Morgan fingerprint density at radius 1 is 0.722 bits per heavy atom. The summed E-state index contributed by atoms with van der Waals surface area (Å²) in [5, 5.41) is 17.7. The summed E-state index contributed by atoms with van der Waals surface area (Å²) in [5.74, 6) is 0. The van der Waals surface area contributed by atoms with Gasteiger partial charge in [-0.05, 0) is 0 Å². The number of hydrogen-bond donors (Lipinski definition) is 0. The van der Waals surface area contributed by atoms with Gasteiger partial charge >= 0.3 is 124 Å². The molecule has 0 spiro atoms. The van der Waals surface area contributed by atoms with Crippen LogP contribution in [0.1, 0.15) is 11.1 Å². The SMILES string of the molecule is N#Cc1cccc([Te][Te]c2cccc(C#N)c2)c1. The maximum atomic E-state index is 8.85. The molecular weight excluding hydrogens is 451 g/mol. The van der Waals surface area contributed by atoms with E-state index in [1.807, 2.05) is 36.4 Å². The molecule has 0 radical (unpaired) electrons. The van der Waals surface area contributed by atoms with Gasteiger partial charge in [0.15, 0.2) is 0 Å². The van der Waals surface area contributed by atoms with Crippen molar-refractivity contribution in [2.24, 2.45) is 0 Å². The van der Waals surface area contributed by atoms with Gasteiger partial charge in [0.1, 0.15) is 0 Å². The van der Waals surface area contributed by atoms with E-state index in [0.29, 0.717) is 0 Å². The second kappa shape index (κ2) is 6.80. The van der Waals surface area contributed by atoms with Crippen molar-refractivity contribution >= 4 is 41.3 Å². The van der Waals surface area contributed by atoms with Crippen molar-refractivity contribution in [1.29, 1.82) is 10.5 Å². The molecule has 0 atom stereocenters. The number of nitriles is 2. The molecule has 0 aromatic heterocycles. The molecule has 2 nitrogen and oxygen atoms in total. The van der Waals surface area contributed by atoms with Crippen LogP contribution < -0.4 is 7.22 Å². The van der Waals surface area contributed by atoms with Crippen molar-refractivity contribution in [3.63, 3.8) is 0 Å². The third kappa shape index (κ3) is 3.75. The summed E-state index contributed by atoms with van der Waals surface area (Å²) in [7, 11) is 0. The number of nitrogens with zero attached hydrogens (tertiary/aromatic N) is 2. The van der Waals surface area contributed by atoms with E-state index >= 15 is 0 Å². The minimum absolute atomic E-state index is 0.211. The zero-order valence-corrected chi connectivity index (χ0v) is 14.0. The van der Waals surface area contributed by atoms with Gasteiger partial charge < -0.3 is 0 Å². The standard InChI is InChI=1S/C14H8N2Te2/c15-9-11-3-1-5-13(7-11)17-18-14-6-2-4-12(8-14)10-16/h1-8H. The van der Waals surface area contributed by atoms with Crippen molar-refractivity contribution < 1.29 is 0 Å². The van der Waals surface area contributed by atoms with Crippen molar-refractivity contribution in [3.05, 3.63) is 59.7 Å². The zero-order valence-electron chi connectivity index (χ0n) is 9.33. The Morgan fingerprint density at radius 2 is 1.17 bits per heavy atom. The van der Waals surface area contributed by atoms with E-state index in [9.17, 15) is 0 Å². The molecule has 2 aromatic rings. The fourth-order valence-corrected chi connectivity index (χ4v) is 11.3. The van der Waals surface area contributed by atoms with Crippen LogP contribution in [0.3, 0.4) is 0 Å². The monoisotopic (exact) mass is 464 g/mol. The molecule has 0 saturated heterocycles. The molecule has 0 N–H and O–H groups in total. The first-order valence-corrected chi connectivity index (χ1v) is 14.8. The van der Waals surface area contributed by atoms with Gasteiger partial charge in [-0.25, -0.2) is 0 Å². The van der Waals surface area contributed by atoms with Crippen LogP contribution in [-0.4, -0.2) is 34.1 Å². The van der Waals surface area contributed by atoms with Gasteiger partial charge in [0.25, 0.3) is 0 Å². The third-order valence-corrected chi connectivity index (χ3v) is 13.9. The summed E-state index contributed by atoms with van der Waals surface area (Å²) >= 11 is -0.422. The predicted molar refractivity (Wildman–Crippen MR) is 73.1 cm³/mol. The first-order valence-electron chi connectivity index (χ1n) is 5.16. The molecule has 0 saturated carbocycles. The molecule has 0 unspecified atom stereocenters. The second-order valence-corrected chi connectivity index (χ2v) is 13.5. The molecule has 2 aromatic carbocycles. The molecule has 0 fully saturated rings. The van der Waals surface area contributed by atoms with Gasteiger partial charge in [-0.1, -0.05) is 0 Å². The summed E-state index contributed by atoms with van der Waals surface area (Å²) in [6.07, 6.45) is 0. The molecule has 18 heavy (non-hydrogen) atoms. The van der Waals surface area contributed by atoms with Crippen LogP contribution in [0.4, 0.5) is 0 Å². The summed E-state index contributed by atoms with van der Waals surface area (Å²) < 4.78 is 2.67. The molecule has 2 rings (SSSR count). The van der Waals surface area contributed by atoms with Crippen LogP contribution in [-0.2, 0) is 0 Å². The van der Waals surface area contributed by atoms with Gasteiger partial charge in [0, 0.05) is 0 Å². The number of benzene rings is 2. The van der Waals surface area contributed by atoms with E-state index in [1.165, 1.54) is 7.22 Å². The van der Waals surface area contributed by atoms with Crippen LogP contribution in [0.2, 0.25) is 0 Å². The summed E-state index contributed by atoms with van der Waals surface area (Å²) in [4.78, 5) is 0. The van der Waals surface area contributed by atoms with Crippen LogP contribution >= 0.6 is 0 Å². The Kier molecular flexibility index (Phi) is 5.08. The summed E-state index contributed by atoms with van der Waals surface area (Å²) in [6.45, 7) is 0. The molecule has 86 valence electrons. The topological polar surface area (TPSA) is 47.6 Å². The molecular formula is C14H8N2Te2. The van der Waals surface area contributed by atoms with E-state index in [2.05, 4.69) is 24.3 Å². The molecule has 4 heteroatoms.